The van der Waals surface area contributed by atoms with Crippen molar-refractivity contribution < 1.29 is 9.53 Å². The molecule has 0 aliphatic carbocycles. The maximum Gasteiger partial charge on any atom is 0.237 e. The van der Waals surface area contributed by atoms with Crippen molar-refractivity contribution in [3.8, 4) is 0 Å². The van der Waals surface area contributed by atoms with Crippen LogP contribution < -0.4 is 15.9 Å². The van der Waals surface area contributed by atoms with Gasteiger partial charge in [-0.3, -0.25) is 9.69 Å². The Hall–Kier alpha value is -3.57. The number of benzene rings is 2. The number of carbonyl (C=O) groups excluding carboxylic acids is 1. The Morgan fingerprint density at radius 1 is 0.925 bits per heavy atom. The van der Waals surface area contributed by atoms with Gasteiger partial charge in [0.05, 0.1) is 11.8 Å². The van der Waals surface area contributed by atoms with E-state index in [9.17, 15) is 4.79 Å². The van der Waals surface area contributed by atoms with Crippen LogP contribution in [0.15, 0.2) is 84.8 Å². The molecule has 40 heavy (non-hydrogen) atoms. The average molecular weight is 542 g/mol. The first-order valence-corrected chi connectivity index (χ1v) is 14.6. The quantitative estimate of drug-likeness (QED) is 0.183. The molecule has 0 fully saturated rings. The van der Waals surface area contributed by atoms with Crippen LogP contribution in [0.2, 0.25) is 0 Å². The molecule has 214 valence electrons. The lowest BCUT2D eigenvalue weighted by atomic mass is 10.0. The number of likely N-dealkylation sites (N-methyl/N-ethyl adjacent to an activating group) is 1. The van der Waals surface area contributed by atoms with E-state index in [0.717, 1.165) is 60.7 Å². The number of nitrogens with one attached hydrogen (secondary N) is 1. The minimum atomic E-state index is -0.140. The molecule has 1 N–H and O–H groups in total. The molecule has 3 rings (SSSR count). The zero-order valence-corrected chi connectivity index (χ0v) is 24.6. The molecule has 0 aliphatic rings. The molecule has 0 saturated heterocycles. The number of rotatable bonds is 17. The van der Waals surface area contributed by atoms with E-state index in [1.165, 1.54) is 24.8 Å². The second-order valence-electron chi connectivity index (χ2n) is 10.7. The number of hydrogen-bond donors (Lipinski definition) is 1. The van der Waals surface area contributed by atoms with E-state index >= 15 is 0 Å². The van der Waals surface area contributed by atoms with Gasteiger partial charge in [0.2, 0.25) is 5.91 Å². The molecule has 1 atom stereocenters. The predicted octanol–water partition coefficient (Wildman–Crippen LogP) is 5.43. The number of aryl methyl sites for hydroxylation is 1. The van der Waals surface area contributed by atoms with Crippen LogP contribution in [0.3, 0.4) is 0 Å². The van der Waals surface area contributed by atoms with Crippen LogP contribution in [0.1, 0.15) is 56.6 Å². The molecule has 5 heteroatoms. The van der Waals surface area contributed by atoms with Gasteiger partial charge >= 0.3 is 0 Å². The second kappa shape index (κ2) is 17.2. The smallest absolute Gasteiger partial charge is 0.237 e. The maximum absolute atomic E-state index is 12.7. The first-order chi connectivity index (χ1) is 19.4. The third kappa shape index (κ3) is 10.9. The minimum Gasteiger partial charge on any atom is -0.494 e. The van der Waals surface area contributed by atoms with E-state index in [2.05, 4.69) is 59.1 Å². The number of hydrogen-bond acceptors (Lipinski definition) is 3. The summed E-state index contributed by atoms with van der Waals surface area (Å²) in [6.45, 7) is 8.50. The topological polar surface area (TPSA) is 46.5 Å². The van der Waals surface area contributed by atoms with E-state index in [1.807, 2.05) is 68.4 Å². The van der Waals surface area contributed by atoms with Crippen molar-refractivity contribution in [3.63, 3.8) is 0 Å². The lowest BCUT2D eigenvalue weighted by molar-refractivity contribution is -0.125. The predicted molar refractivity (Wildman–Crippen MR) is 167 cm³/mol. The van der Waals surface area contributed by atoms with Crippen LogP contribution in [0.4, 0.5) is 0 Å². The van der Waals surface area contributed by atoms with Crippen molar-refractivity contribution in [2.75, 3.05) is 20.6 Å². The van der Waals surface area contributed by atoms with Gasteiger partial charge in [-0.1, -0.05) is 92.9 Å². The molecule has 2 aromatic carbocycles. The lowest BCUT2D eigenvalue weighted by Gasteiger charge is -2.23. The lowest BCUT2D eigenvalue weighted by Crippen LogP contribution is -2.45. The normalized spacial score (nSPS) is 13.0. The summed E-state index contributed by atoms with van der Waals surface area (Å²) in [5.74, 6) is 1.01. The highest BCUT2D eigenvalue weighted by Gasteiger charge is 2.20. The van der Waals surface area contributed by atoms with Crippen molar-refractivity contribution in [1.29, 1.82) is 0 Å². The third-order valence-corrected chi connectivity index (χ3v) is 7.20. The summed E-state index contributed by atoms with van der Waals surface area (Å²) in [4.78, 5) is 14.7. The molecular weight excluding hydrogens is 494 g/mol. The average Bonchev–Trinajstić information content (AvgIpc) is 3.32. The fourth-order valence-corrected chi connectivity index (χ4v) is 4.73. The summed E-state index contributed by atoms with van der Waals surface area (Å²) in [5.41, 5.74) is 2.35. The van der Waals surface area contributed by atoms with Crippen LogP contribution >= 0.6 is 0 Å². The highest BCUT2D eigenvalue weighted by atomic mass is 16.5. The van der Waals surface area contributed by atoms with E-state index in [1.54, 1.807) is 0 Å². The number of nitrogens with zero attached hydrogens (tertiary/aromatic N) is 2. The van der Waals surface area contributed by atoms with E-state index < -0.39 is 0 Å². The molecule has 0 aliphatic heterocycles. The Morgan fingerprint density at radius 2 is 1.55 bits per heavy atom. The molecule has 5 nitrogen and oxygen atoms in total. The van der Waals surface area contributed by atoms with Gasteiger partial charge in [0.15, 0.2) is 0 Å². The van der Waals surface area contributed by atoms with Gasteiger partial charge in [-0.15, -0.1) is 0 Å². The molecule has 1 aromatic heterocycles. The molecule has 1 amide bonds. The van der Waals surface area contributed by atoms with Gasteiger partial charge in [0.25, 0.3) is 0 Å². The SMILES string of the molecule is C=c1ccn(CCCCCCCCNC(=O)C(Cc2ccccc2)N(C)C)/c1=C/C=C(\C)OCc1ccccc1. The Labute approximate surface area is 240 Å². The van der Waals surface area contributed by atoms with Crippen LogP contribution in [0, 0.1) is 0 Å². The number of aromatic nitrogens is 1. The van der Waals surface area contributed by atoms with Crippen molar-refractivity contribution in [2.24, 2.45) is 0 Å². The highest BCUT2D eigenvalue weighted by Crippen LogP contribution is 2.09. The number of carbonyl (C=O) groups is 1. The second-order valence-corrected chi connectivity index (χ2v) is 10.7. The number of amides is 1. The van der Waals surface area contributed by atoms with Gasteiger partial charge in [0, 0.05) is 24.6 Å². The summed E-state index contributed by atoms with van der Waals surface area (Å²) in [5, 5.41) is 5.32. The maximum atomic E-state index is 12.7. The van der Waals surface area contributed by atoms with Crippen molar-refractivity contribution in [1.82, 2.24) is 14.8 Å². The fourth-order valence-electron chi connectivity index (χ4n) is 4.73. The van der Waals surface area contributed by atoms with Gasteiger partial charge in [-0.25, -0.2) is 0 Å². The summed E-state index contributed by atoms with van der Waals surface area (Å²) in [6, 6.07) is 22.4. The number of allylic oxidation sites excluding steroid dienone is 2. The van der Waals surface area contributed by atoms with Gasteiger partial charge in [-0.2, -0.15) is 0 Å². The summed E-state index contributed by atoms with van der Waals surface area (Å²) >= 11 is 0. The highest BCUT2D eigenvalue weighted by molar-refractivity contribution is 5.82. The molecule has 0 spiro atoms. The first kappa shape index (κ1) is 31.0. The summed E-state index contributed by atoms with van der Waals surface area (Å²) in [7, 11) is 3.94. The Balaban J connectivity index is 1.31. The molecule has 0 bridgehead atoms. The zero-order chi connectivity index (χ0) is 28.6. The molecule has 0 saturated carbocycles. The molecular formula is C35H47N3O2. The molecule has 3 aromatic rings. The first-order valence-electron chi connectivity index (χ1n) is 14.6. The summed E-state index contributed by atoms with van der Waals surface area (Å²) < 4.78 is 8.18. The van der Waals surface area contributed by atoms with Crippen LogP contribution in [-0.2, 0) is 29.1 Å². The van der Waals surface area contributed by atoms with E-state index in [0.29, 0.717) is 6.61 Å². The Bertz CT molecular complexity index is 1280. The number of unbranched alkanes of at least 4 members (excludes halogenated alkanes) is 5. The standard InChI is InChI=1S/C35H47N3O2/c1-29-23-26-38(33(29)22-21-30(2)40-28-32-19-13-10-14-20-32)25-16-8-6-5-7-15-24-36-35(39)34(37(3)4)27-31-17-11-9-12-18-31/h9-14,17-23,26,34H,1,5-8,15-16,24-25,27-28H2,2-4H3,(H,36,39)/b30-21+,33-22+. The minimum absolute atomic E-state index is 0.116. The Kier molecular flexibility index (Phi) is 13.3. The van der Waals surface area contributed by atoms with Crippen LogP contribution in [0.25, 0.3) is 12.7 Å². The third-order valence-electron chi connectivity index (χ3n) is 7.20. The zero-order valence-electron chi connectivity index (χ0n) is 24.6. The summed E-state index contributed by atoms with van der Waals surface area (Å²) in [6.07, 6.45) is 13.9. The van der Waals surface area contributed by atoms with Gasteiger partial charge < -0.3 is 14.6 Å². The fraction of sp³-hybridized carbons (Fsp3) is 0.400. The van der Waals surface area contributed by atoms with Crippen LogP contribution in [-0.4, -0.2) is 42.1 Å². The largest absolute Gasteiger partial charge is 0.494 e. The van der Waals surface area contributed by atoms with Crippen LogP contribution in [0.5, 0.6) is 0 Å². The van der Waals surface area contributed by atoms with E-state index in [4.69, 9.17) is 4.74 Å². The van der Waals surface area contributed by atoms with Gasteiger partial charge in [-0.05, 0) is 74.8 Å². The van der Waals surface area contributed by atoms with Crippen molar-refractivity contribution >= 4 is 18.6 Å². The van der Waals surface area contributed by atoms with E-state index in [-0.39, 0.29) is 11.9 Å². The molecule has 1 heterocycles. The molecule has 1 unspecified atom stereocenters. The number of ether oxygens (including phenoxy) is 1. The van der Waals surface area contributed by atoms with Crippen molar-refractivity contribution in [3.05, 3.63) is 106 Å². The Morgan fingerprint density at radius 3 is 2.23 bits per heavy atom. The van der Waals surface area contributed by atoms with Gasteiger partial charge in [0.1, 0.15) is 6.61 Å². The monoisotopic (exact) mass is 541 g/mol. The molecule has 0 radical (unpaired) electrons. The van der Waals surface area contributed by atoms with Crippen molar-refractivity contribution in [2.45, 2.75) is 71.1 Å².